The van der Waals surface area contributed by atoms with E-state index in [0.29, 0.717) is 12.4 Å². The summed E-state index contributed by atoms with van der Waals surface area (Å²) in [5.41, 5.74) is 1.10. The number of benzene rings is 2. The summed E-state index contributed by atoms with van der Waals surface area (Å²) < 4.78 is 51.6. The molecule has 2 aliphatic rings. The van der Waals surface area contributed by atoms with Crippen molar-refractivity contribution >= 4 is 26.7 Å². The van der Waals surface area contributed by atoms with Crippen molar-refractivity contribution in [3.8, 4) is 5.75 Å². The summed E-state index contributed by atoms with van der Waals surface area (Å²) in [6, 6.07) is 11.5. The van der Waals surface area contributed by atoms with Gasteiger partial charge in [0.25, 0.3) is 10.0 Å². The monoisotopic (exact) mass is 532 g/mol. The molecule has 0 radical (unpaired) electrons. The van der Waals surface area contributed by atoms with Gasteiger partial charge < -0.3 is 9.84 Å². The molecule has 0 saturated carbocycles. The molecule has 1 saturated heterocycles. The Morgan fingerprint density at radius 3 is 2.64 bits per heavy atom. The fourth-order valence-electron chi connectivity index (χ4n) is 5.27. The molecular formula is C25H29FN4O4S2. The minimum atomic E-state index is -3.84. The van der Waals surface area contributed by atoms with E-state index in [1.807, 2.05) is 32.0 Å². The summed E-state index contributed by atoms with van der Waals surface area (Å²) in [5, 5.41) is 10.9. The standard InChI is InChI=1S/C25H29FN4O4S2/c1-25(2,31)17-9-11-30(22(13-17)16-3-5-18(26)6-4-16)21-10-12-34-23-14-19(7-8-20(21)23)36(32,33)29-24-27-15-28-35-24/h3-8,14-15,17,21-22,31H,9-13H2,1-2H3,(H,27,28,29)/t17?,21-,22-/m0/s1. The van der Waals surface area contributed by atoms with Gasteiger partial charge in [-0.3, -0.25) is 9.62 Å². The number of rotatable bonds is 6. The number of nitrogens with zero attached hydrogens (tertiary/aromatic N) is 3. The van der Waals surface area contributed by atoms with E-state index in [9.17, 15) is 17.9 Å². The van der Waals surface area contributed by atoms with Crippen LogP contribution < -0.4 is 9.46 Å². The van der Waals surface area contributed by atoms with Crippen molar-refractivity contribution in [2.75, 3.05) is 17.9 Å². The lowest BCUT2D eigenvalue weighted by Gasteiger charge is -2.48. The van der Waals surface area contributed by atoms with Gasteiger partial charge in [-0.1, -0.05) is 18.2 Å². The molecule has 2 N–H and O–H groups in total. The molecule has 8 nitrogen and oxygen atoms in total. The molecular weight excluding hydrogens is 503 g/mol. The van der Waals surface area contributed by atoms with Gasteiger partial charge in [-0.05, 0) is 62.9 Å². The van der Waals surface area contributed by atoms with Crippen LogP contribution in [0.1, 0.15) is 56.3 Å². The quantitative estimate of drug-likeness (QED) is 0.481. The number of sulfonamides is 1. The lowest BCUT2D eigenvalue weighted by molar-refractivity contribution is -0.0441. The van der Waals surface area contributed by atoms with Crippen LogP contribution in [-0.2, 0) is 10.0 Å². The van der Waals surface area contributed by atoms with Crippen molar-refractivity contribution in [2.45, 2.75) is 55.7 Å². The van der Waals surface area contributed by atoms with Crippen molar-refractivity contribution in [3.63, 3.8) is 0 Å². The fourth-order valence-corrected chi connectivity index (χ4v) is 6.94. The van der Waals surface area contributed by atoms with Crippen LogP contribution in [0.4, 0.5) is 9.52 Å². The van der Waals surface area contributed by atoms with E-state index in [-0.39, 0.29) is 33.8 Å². The number of nitrogens with one attached hydrogen (secondary N) is 1. The minimum absolute atomic E-state index is 0.000524. The molecule has 3 atom stereocenters. The zero-order chi connectivity index (χ0) is 25.5. The zero-order valence-electron chi connectivity index (χ0n) is 20.1. The molecule has 192 valence electrons. The van der Waals surface area contributed by atoms with Crippen molar-refractivity contribution < 1.29 is 22.7 Å². The first-order valence-corrected chi connectivity index (χ1v) is 14.2. The Balaban J connectivity index is 1.46. The van der Waals surface area contributed by atoms with Gasteiger partial charge >= 0.3 is 0 Å². The zero-order valence-corrected chi connectivity index (χ0v) is 21.7. The number of aliphatic hydroxyl groups is 1. The molecule has 0 bridgehead atoms. The average molecular weight is 533 g/mol. The summed E-state index contributed by atoms with van der Waals surface area (Å²) in [4.78, 5) is 6.38. The van der Waals surface area contributed by atoms with E-state index in [4.69, 9.17) is 4.74 Å². The summed E-state index contributed by atoms with van der Waals surface area (Å²) in [5.74, 6) is 0.350. The molecule has 2 aromatic carbocycles. The highest BCUT2D eigenvalue weighted by molar-refractivity contribution is 7.93. The number of fused-ring (bicyclic) bond motifs is 1. The normalized spacial score (nSPS) is 23.1. The Kier molecular flexibility index (Phi) is 6.75. The number of aromatic nitrogens is 2. The maximum atomic E-state index is 13.7. The number of ether oxygens (including phenoxy) is 1. The Morgan fingerprint density at radius 2 is 1.94 bits per heavy atom. The molecule has 3 heterocycles. The van der Waals surface area contributed by atoms with E-state index in [2.05, 4.69) is 19.0 Å². The minimum Gasteiger partial charge on any atom is -0.493 e. The van der Waals surface area contributed by atoms with Crippen LogP contribution >= 0.6 is 11.5 Å². The third kappa shape index (κ3) is 5.10. The topological polar surface area (TPSA) is 105 Å². The highest BCUT2D eigenvalue weighted by Crippen LogP contribution is 2.47. The van der Waals surface area contributed by atoms with E-state index in [1.54, 1.807) is 12.1 Å². The number of hydrogen-bond acceptors (Lipinski definition) is 8. The van der Waals surface area contributed by atoms with Crippen molar-refractivity contribution in [2.24, 2.45) is 5.92 Å². The van der Waals surface area contributed by atoms with Crippen LogP contribution in [0, 0.1) is 11.7 Å². The van der Waals surface area contributed by atoms with Gasteiger partial charge in [0, 0.05) is 41.7 Å². The van der Waals surface area contributed by atoms with Gasteiger partial charge in [0.1, 0.15) is 17.9 Å². The smallest absolute Gasteiger partial charge is 0.263 e. The highest BCUT2D eigenvalue weighted by Gasteiger charge is 2.41. The average Bonchev–Trinajstić information content (AvgIpc) is 3.35. The van der Waals surface area contributed by atoms with Gasteiger partial charge in [0.15, 0.2) is 0 Å². The molecule has 2 aliphatic heterocycles. The number of halogens is 1. The fraction of sp³-hybridized carbons (Fsp3) is 0.440. The first-order chi connectivity index (χ1) is 17.1. The summed E-state index contributed by atoms with van der Waals surface area (Å²) in [6.07, 6.45) is 3.60. The Hall–Kier alpha value is -2.60. The third-order valence-corrected chi connectivity index (χ3v) is 9.23. The highest BCUT2D eigenvalue weighted by atomic mass is 32.2. The Morgan fingerprint density at radius 1 is 1.17 bits per heavy atom. The van der Waals surface area contributed by atoms with Gasteiger partial charge in [-0.2, -0.15) is 4.37 Å². The maximum absolute atomic E-state index is 13.7. The van der Waals surface area contributed by atoms with Crippen LogP contribution in [0.15, 0.2) is 53.7 Å². The maximum Gasteiger partial charge on any atom is 0.263 e. The predicted molar refractivity (Wildman–Crippen MR) is 135 cm³/mol. The van der Waals surface area contributed by atoms with E-state index < -0.39 is 15.6 Å². The SMILES string of the molecule is CC(C)(O)C1CCN([C@H]2CCOc3cc(S(=O)(=O)Nc4ncns4)ccc32)[C@H](c2ccc(F)cc2)C1. The second-order valence-corrected chi connectivity index (χ2v) is 12.3. The third-order valence-electron chi connectivity index (χ3n) is 7.18. The lowest BCUT2D eigenvalue weighted by Crippen LogP contribution is -2.45. The van der Waals surface area contributed by atoms with Gasteiger partial charge in [-0.25, -0.2) is 17.8 Å². The van der Waals surface area contributed by atoms with Crippen LogP contribution in [-0.4, -0.2) is 46.5 Å². The molecule has 0 amide bonds. The number of hydrogen-bond donors (Lipinski definition) is 2. The molecule has 0 aliphatic carbocycles. The van der Waals surface area contributed by atoms with Gasteiger partial charge in [-0.15, -0.1) is 0 Å². The molecule has 0 spiro atoms. The van der Waals surface area contributed by atoms with Crippen LogP contribution in [0.5, 0.6) is 5.75 Å². The Bertz CT molecular complexity index is 1310. The first-order valence-electron chi connectivity index (χ1n) is 11.9. The predicted octanol–water partition coefficient (Wildman–Crippen LogP) is 4.53. The molecule has 5 rings (SSSR count). The summed E-state index contributed by atoms with van der Waals surface area (Å²) in [6.45, 7) is 4.89. The van der Waals surface area contributed by atoms with Gasteiger partial charge in [0.2, 0.25) is 5.13 Å². The van der Waals surface area contributed by atoms with Crippen molar-refractivity contribution in [1.82, 2.24) is 14.3 Å². The molecule has 11 heteroatoms. The van der Waals surface area contributed by atoms with Crippen LogP contribution in [0.25, 0.3) is 0 Å². The van der Waals surface area contributed by atoms with Crippen molar-refractivity contribution in [1.29, 1.82) is 0 Å². The number of likely N-dealkylation sites (tertiary alicyclic amines) is 1. The second-order valence-electron chi connectivity index (χ2n) is 9.88. The molecule has 1 unspecified atom stereocenters. The van der Waals surface area contributed by atoms with E-state index >= 15 is 0 Å². The van der Waals surface area contributed by atoms with E-state index in [0.717, 1.165) is 48.5 Å². The summed E-state index contributed by atoms with van der Waals surface area (Å²) >= 11 is 0.963. The molecule has 1 aromatic heterocycles. The molecule has 36 heavy (non-hydrogen) atoms. The first kappa shape index (κ1) is 25.1. The molecule has 1 fully saturated rings. The number of piperidine rings is 1. The van der Waals surface area contributed by atoms with Crippen molar-refractivity contribution in [3.05, 3.63) is 65.7 Å². The Labute approximate surface area is 214 Å². The van der Waals surface area contributed by atoms with Crippen LogP contribution in [0.2, 0.25) is 0 Å². The van der Waals surface area contributed by atoms with Gasteiger partial charge in [0.05, 0.1) is 17.1 Å². The second kappa shape index (κ2) is 9.70. The largest absolute Gasteiger partial charge is 0.493 e. The van der Waals surface area contributed by atoms with Crippen LogP contribution in [0.3, 0.4) is 0 Å². The lowest BCUT2D eigenvalue weighted by atomic mass is 9.77. The number of anilines is 1. The summed E-state index contributed by atoms with van der Waals surface area (Å²) in [7, 11) is -3.84. The molecule has 3 aromatic rings. The van der Waals surface area contributed by atoms with E-state index in [1.165, 1.54) is 18.5 Å².